The van der Waals surface area contributed by atoms with E-state index >= 15 is 4.39 Å². The molecule has 0 saturated carbocycles. The number of halogens is 10. The van der Waals surface area contributed by atoms with Crippen LogP contribution >= 0.6 is 0 Å². The van der Waals surface area contributed by atoms with Gasteiger partial charge in [-0.2, -0.15) is 26.3 Å². The molecule has 3 atom stereocenters. The second-order valence-corrected chi connectivity index (χ2v) is 14.0. The molecular weight excluding hydrogens is 754 g/mol. The number of hydrogen-bond donors (Lipinski definition) is 0. The maximum absolute atomic E-state index is 15.4. The van der Waals surface area contributed by atoms with Crippen LogP contribution in [0.15, 0.2) is 109 Å². The van der Waals surface area contributed by atoms with Crippen molar-refractivity contribution in [3.8, 4) is 0 Å². The quantitative estimate of drug-likeness (QED) is 0.116. The zero-order chi connectivity index (χ0) is 40.2. The fraction of sp³-hybridized carbons (Fsp3) is 0.238. The van der Waals surface area contributed by atoms with E-state index < -0.39 is 86.9 Å². The fourth-order valence-electron chi connectivity index (χ4n) is 7.88. The third-order valence-electron chi connectivity index (χ3n) is 10.5. The SMILES string of the molecule is O=C(c1ccc(C(F)(F)F)c(F)c1F)C1C(c2cn(CC3(Cc4ccc(C(F)(F)F)cc4)C=CC=CC3)c3ccccc23)CCN1C(=O)c1cccc(F)c1F. The minimum absolute atomic E-state index is 0.0111. The van der Waals surface area contributed by atoms with Crippen LogP contribution in [0.2, 0.25) is 0 Å². The fourth-order valence-corrected chi connectivity index (χ4v) is 7.88. The Morgan fingerprint density at radius 2 is 1.48 bits per heavy atom. The average molecular weight is 785 g/mol. The molecule has 3 unspecified atom stereocenters. The van der Waals surface area contributed by atoms with Crippen LogP contribution in [0.25, 0.3) is 10.9 Å². The summed E-state index contributed by atoms with van der Waals surface area (Å²) in [6.45, 7) is 0.0299. The predicted octanol–water partition coefficient (Wildman–Crippen LogP) is 10.9. The Kier molecular flexibility index (Phi) is 9.96. The van der Waals surface area contributed by atoms with Crippen molar-refractivity contribution in [1.29, 1.82) is 0 Å². The minimum atomic E-state index is -5.28. The topological polar surface area (TPSA) is 42.3 Å². The number of aromatic nitrogens is 1. The van der Waals surface area contributed by atoms with Crippen molar-refractivity contribution in [2.75, 3.05) is 6.54 Å². The largest absolute Gasteiger partial charge is 0.419 e. The van der Waals surface area contributed by atoms with Crippen molar-refractivity contribution in [2.45, 2.75) is 50.1 Å². The molecule has 7 rings (SSSR count). The molecule has 2 heterocycles. The summed E-state index contributed by atoms with van der Waals surface area (Å²) in [4.78, 5) is 29.1. The van der Waals surface area contributed by atoms with Gasteiger partial charge in [0.25, 0.3) is 5.91 Å². The number of benzene rings is 4. The van der Waals surface area contributed by atoms with Gasteiger partial charge in [-0.25, -0.2) is 17.6 Å². The summed E-state index contributed by atoms with van der Waals surface area (Å²) in [5, 5.41) is 0.584. The highest BCUT2D eigenvalue weighted by atomic mass is 19.4. The van der Waals surface area contributed by atoms with Gasteiger partial charge in [0.1, 0.15) is 6.04 Å². The number of Topliss-reactive ketones (excluding diaryl/α,β-unsaturated/α-hetero) is 1. The second-order valence-electron chi connectivity index (χ2n) is 14.0. The van der Waals surface area contributed by atoms with Gasteiger partial charge < -0.3 is 9.47 Å². The van der Waals surface area contributed by atoms with Crippen LogP contribution in [0.5, 0.6) is 0 Å². The van der Waals surface area contributed by atoms with E-state index in [0.717, 1.165) is 35.2 Å². The highest BCUT2D eigenvalue weighted by molar-refractivity contribution is 6.06. The smallest absolute Gasteiger partial charge is 0.346 e. The first-order chi connectivity index (χ1) is 26.5. The Bertz CT molecular complexity index is 2390. The zero-order valence-corrected chi connectivity index (χ0v) is 29.1. The van der Waals surface area contributed by atoms with E-state index in [9.17, 15) is 49.1 Å². The first-order valence-corrected chi connectivity index (χ1v) is 17.4. The standard InChI is InChI=1S/C42H30F10N2O2/c43-32-9-6-8-29(34(32)44)39(56)54-20-17-27(37(54)38(55)28-15-16-31(42(50,51)52)36(46)35(28)45)30-22-53(33-10-3-2-7-26(30)33)23-40(18-4-1-5-19-40)21-24-11-13-25(14-12-24)41(47,48)49/h1-16,18,22,27,37H,17,19-21,23H2. The van der Waals surface area contributed by atoms with Crippen LogP contribution < -0.4 is 0 Å². The number of nitrogens with zero attached hydrogens (tertiary/aromatic N) is 2. The van der Waals surface area contributed by atoms with Gasteiger partial charge in [-0.1, -0.05) is 60.7 Å². The molecule has 1 aromatic heterocycles. The Labute approximate surface area is 313 Å². The van der Waals surface area contributed by atoms with Crippen LogP contribution in [0, 0.1) is 28.7 Å². The summed E-state index contributed by atoms with van der Waals surface area (Å²) in [6, 6.07) is 13.7. The van der Waals surface area contributed by atoms with Crippen molar-refractivity contribution in [1.82, 2.24) is 9.47 Å². The van der Waals surface area contributed by atoms with E-state index in [1.54, 1.807) is 30.5 Å². The number of fused-ring (bicyclic) bond motifs is 1. The van der Waals surface area contributed by atoms with E-state index in [-0.39, 0.29) is 25.6 Å². The highest BCUT2D eigenvalue weighted by Gasteiger charge is 2.46. The summed E-state index contributed by atoms with van der Waals surface area (Å²) in [7, 11) is 0. The minimum Gasteiger partial charge on any atom is -0.346 e. The van der Waals surface area contributed by atoms with E-state index in [4.69, 9.17) is 0 Å². The summed E-state index contributed by atoms with van der Waals surface area (Å²) >= 11 is 0. The van der Waals surface area contributed by atoms with E-state index in [2.05, 4.69) is 0 Å². The number of para-hydroxylation sites is 1. The van der Waals surface area contributed by atoms with Crippen molar-refractivity contribution in [3.63, 3.8) is 0 Å². The summed E-state index contributed by atoms with van der Waals surface area (Å²) in [5.74, 6) is -10.6. The molecule has 1 saturated heterocycles. The van der Waals surface area contributed by atoms with E-state index in [1.165, 1.54) is 12.1 Å². The van der Waals surface area contributed by atoms with Crippen molar-refractivity contribution in [3.05, 3.63) is 166 Å². The van der Waals surface area contributed by atoms with Gasteiger partial charge in [0, 0.05) is 41.5 Å². The van der Waals surface area contributed by atoms with Gasteiger partial charge in [-0.3, -0.25) is 9.59 Å². The maximum atomic E-state index is 15.4. The third-order valence-corrected chi connectivity index (χ3v) is 10.5. The third kappa shape index (κ3) is 7.12. The lowest BCUT2D eigenvalue weighted by Crippen LogP contribution is -2.43. The van der Waals surface area contributed by atoms with Crippen LogP contribution in [-0.2, 0) is 25.3 Å². The van der Waals surface area contributed by atoms with Crippen LogP contribution in [0.4, 0.5) is 43.9 Å². The molecule has 1 aliphatic carbocycles. The van der Waals surface area contributed by atoms with Gasteiger partial charge in [-0.15, -0.1) is 0 Å². The number of carbonyl (C=O) groups excluding carboxylic acids is 2. The normalized spacial score (nSPS) is 19.9. The summed E-state index contributed by atoms with van der Waals surface area (Å²) in [5.41, 5.74) is -3.45. The Morgan fingerprint density at radius 1 is 0.750 bits per heavy atom. The molecule has 0 bridgehead atoms. The molecule has 1 amide bonds. The van der Waals surface area contributed by atoms with Crippen molar-refractivity contribution in [2.24, 2.45) is 5.41 Å². The van der Waals surface area contributed by atoms with Crippen molar-refractivity contribution >= 4 is 22.6 Å². The lowest BCUT2D eigenvalue weighted by atomic mass is 9.76. The highest BCUT2D eigenvalue weighted by Crippen LogP contribution is 2.43. The molecule has 0 N–H and O–H groups in total. The van der Waals surface area contributed by atoms with Crippen LogP contribution in [0.1, 0.15) is 61.7 Å². The lowest BCUT2D eigenvalue weighted by molar-refractivity contribution is -0.140. The number of hydrogen-bond acceptors (Lipinski definition) is 2. The summed E-state index contributed by atoms with van der Waals surface area (Å²) < 4.78 is 142. The number of amides is 1. The molecule has 0 spiro atoms. The van der Waals surface area contributed by atoms with E-state index in [1.807, 2.05) is 28.9 Å². The van der Waals surface area contributed by atoms with Gasteiger partial charge >= 0.3 is 12.4 Å². The first-order valence-electron chi connectivity index (χ1n) is 17.4. The molecule has 14 heteroatoms. The molecule has 1 aliphatic heterocycles. The van der Waals surface area contributed by atoms with Gasteiger partial charge in [0.15, 0.2) is 29.1 Å². The zero-order valence-electron chi connectivity index (χ0n) is 29.1. The van der Waals surface area contributed by atoms with Gasteiger partial charge in [0.05, 0.1) is 22.3 Å². The van der Waals surface area contributed by atoms with Gasteiger partial charge in [-0.05, 0) is 72.9 Å². The van der Waals surface area contributed by atoms with Crippen LogP contribution in [-0.4, -0.2) is 33.7 Å². The molecule has 1 fully saturated rings. The molecule has 4 aromatic carbocycles. The number of allylic oxidation sites excluding steroid dienone is 4. The molecule has 4 nitrogen and oxygen atoms in total. The average Bonchev–Trinajstić information content (AvgIpc) is 3.75. The number of rotatable bonds is 8. The number of likely N-dealkylation sites (tertiary alicyclic amines) is 1. The monoisotopic (exact) mass is 784 g/mol. The Hall–Kier alpha value is -5.66. The van der Waals surface area contributed by atoms with Gasteiger partial charge in [0.2, 0.25) is 0 Å². The van der Waals surface area contributed by atoms with Crippen LogP contribution in [0.3, 0.4) is 0 Å². The molecule has 56 heavy (non-hydrogen) atoms. The molecule has 5 aromatic rings. The number of ketones is 1. The lowest BCUT2D eigenvalue weighted by Gasteiger charge is -2.32. The second kappa shape index (κ2) is 14.4. The number of carbonyl (C=O) groups is 2. The van der Waals surface area contributed by atoms with E-state index in [0.29, 0.717) is 40.9 Å². The van der Waals surface area contributed by atoms with Crippen molar-refractivity contribution < 1.29 is 53.5 Å². The summed E-state index contributed by atoms with van der Waals surface area (Å²) in [6.07, 6.45) is 0.319. The molecule has 2 aliphatic rings. The number of alkyl halides is 6. The molecular formula is C42H30F10N2O2. The molecule has 0 radical (unpaired) electrons. The molecule has 290 valence electrons. The Balaban J connectivity index is 1.31. The first kappa shape index (κ1) is 38.6. The maximum Gasteiger partial charge on any atom is 0.419 e. The Morgan fingerprint density at radius 3 is 2.16 bits per heavy atom. The predicted molar refractivity (Wildman–Crippen MR) is 187 cm³/mol.